The largest absolute Gasteiger partial charge is 0.386 e. The minimum absolute atomic E-state index is 0.342. The van der Waals surface area contributed by atoms with Gasteiger partial charge < -0.3 is 14.9 Å². The Kier molecular flexibility index (Phi) is 6.18. The summed E-state index contributed by atoms with van der Waals surface area (Å²) < 4.78 is 5.72. The average Bonchev–Trinajstić information content (AvgIpc) is 2.48. The van der Waals surface area contributed by atoms with Crippen molar-refractivity contribution in [1.82, 2.24) is 0 Å². The van der Waals surface area contributed by atoms with Crippen molar-refractivity contribution in [2.45, 2.75) is 52.1 Å². The van der Waals surface area contributed by atoms with Crippen LogP contribution in [0.5, 0.6) is 0 Å². The molecule has 0 heterocycles. The number of aliphatic hydroxyl groups is 2. The first kappa shape index (κ1) is 20.2. The summed E-state index contributed by atoms with van der Waals surface area (Å²) >= 11 is 12.5. The van der Waals surface area contributed by atoms with E-state index in [0.717, 1.165) is 22.3 Å². The van der Waals surface area contributed by atoms with Crippen LogP contribution in [0.15, 0.2) is 36.4 Å². The lowest BCUT2D eigenvalue weighted by molar-refractivity contribution is 0.0780. The van der Waals surface area contributed by atoms with E-state index in [1.165, 1.54) is 0 Å². The van der Waals surface area contributed by atoms with Gasteiger partial charge in [-0.15, -0.1) is 0 Å². The zero-order valence-corrected chi connectivity index (χ0v) is 16.4. The van der Waals surface area contributed by atoms with Crippen LogP contribution in [0.25, 0.3) is 0 Å². The van der Waals surface area contributed by atoms with Crippen LogP contribution in [-0.4, -0.2) is 10.2 Å². The molecular formula is C20H24Cl2O3. The summed E-state index contributed by atoms with van der Waals surface area (Å²) in [5, 5.41) is 21.2. The summed E-state index contributed by atoms with van der Waals surface area (Å²) in [7, 11) is 0. The highest BCUT2D eigenvalue weighted by atomic mass is 35.5. The van der Waals surface area contributed by atoms with Gasteiger partial charge in [-0.05, 0) is 62.1 Å². The van der Waals surface area contributed by atoms with E-state index in [2.05, 4.69) is 0 Å². The lowest BCUT2D eigenvalue weighted by Crippen LogP contribution is -2.15. The Bertz CT molecular complexity index is 680. The molecule has 3 nitrogen and oxygen atoms in total. The molecule has 0 saturated carbocycles. The highest BCUT2D eigenvalue weighted by Gasteiger charge is 2.18. The summed E-state index contributed by atoms with van der Waals surface area (Å²) in [6.07, 6.45) is 0. The molecule has 2 aromatic rings. The maximum Gasteiger partial charge on any atom is 0.0841 e. The minimum atomic E-state index is -0.932. The molecule has 136 valence electrons. The molecular weight excluding hydrogens is 359 g/mol. The normalized spacial score (nSPS) is 12.5. The highest BCUT2D eigenvalue weighted by molar-refractivity contribution is 6.31. The predicted molar refractivity (Wildman–Crippen MR) is 102 cm³/mol. The molecule has 2 aromatic carbocycles. The predicted octanol–water partition coefficient (Wildman–Crippen LogP) is 5.17. The van der Waals surface area contributed by atoms with E-state index in [9.17, 15) is 10.2 Å². The monoisotopic (exact) mass is 382 g/mol. The Balaban J connectivity index is 2.02. The van der Waals surface area contributed by atoms with E-state index >= 15 is 0 Å². The maximum absolute atomic E-state index is 10.0. The van der Waals surface area contributed by atoms with E-state index in [4.69, 9.17) is 27.9 Å². The smallest absolute Gasteiger partial charge is 0.0841 e. The minimum Gasteiger partial charge on any atom is -0.386 e. The van der Waals surface area contributed by atoms with E-state index in [-0.39, 0.29) is 0 Å². The molecule has 25 heavy (non-hydrogen) atoms. The first-order valence-electron chi connectivity index (χ1n) is 8.09. The molecule has 0 aromatic heterocycles. The van der Waals surface area contributed by atoms with Crippen molar-refractivity contribution in [3.05, 3.63) is 68.7 Å². The lowest BCUT2D eigenvalue weighted by Gasteiger charge is -2.19. The van der Waals surface area contributed by atoms with Crippen molar-refractivity contribution in [1.29, 1.82) is 0 Å². The summed E-state index contributed by atoms with van der Waals surface area (Å²) in [6.45, 7) is 7.55. The zero-order valence-electron chi connectivity index (χ0n) is 14.9. The van der Waals surface area contributed by atoms with Gasteiger partial charge >= 0.3 is 0 Å². The van der Waals surface area contributed by atoms with Crippen molar-refractivity contribution in [2.24, 2.45) is 0 Å². The van der Waals surface area contributed by atoms with Crippen LogP contribution in [0.4, 0.5) is 0 Å². The molecule has 0 saturated heterocycles. The standard InChI is InChI=1S/C20H24Cl2O3/c1-19(2,23)15-7-5-13(17(21)9-15)11-25-12-14-6-8-16(10-18(14)22)20(3,4)24/h5-10,23-24H,11-12H2,1-4H3. The SMILES string of the molecule is CC(C)(O)c1ccc(COCc2ccc(C(C)(C)O)cc2Cl)c(Cl)c1. The number of halogens is 2. The van der Waals surface area contributed by atoms with Gasteiger partial charge in [0.1, 0.15) is 0 Å². The molecule has 0 atom stereocenters. The first-order valence-corrected chi connectivity index (χ1v) is 8.84. The Morgan fingerprint density at radius 3 is 1.40 bits per heavy atom. The van der Waals surface area contributed by atoms with Crippen LogP contribution in [0, 0.1) is 0 Å². The number of hydrogen-bond acceptors (Lipinski definition) is 3. The summed E-state index contributed by atoms with van der Waals surface area (Å²) in [6, 6.07) is 10.9. The molecule has 0 fully saturated rings. The Morgan fingerprint density at radius 2 is 1.12 bits per heavy atom. The molecule has 0 bridgehead atoms. The first-order chi connectivity index (χ1) is 11.5. The molecule has 0 unspecified atom stereocenters. The molecule has 2 N–H and O–H groups in total. The molecule has 0 aliphatic carbocycles. The molecule has 5 heteroatoms. The van der Waals surface area contributed by atoms with Gasteiger partial charge in [-0.3, -0.25) is 0 Å². The number of rotatable bonds is 6. The maximum atomic E-state index is 10.0. The van der Waals surface area contributed by atoms with Crippen LogP contribution < -0.4 is 0 Å². The van der Waals surface area contributed by atoms with Gasteiger partial charge in [0.05, 0.1) is 24.4 Å². The molecule has 2 rings (SSSR count). The second-order valence-corrected chi connectivity index (χ2v) is 8.04. The second-order valence-electron chi connectivity index (χ2n) is 7.22. The fraction of sp³-hybridized carbons (Fsp3) is 0.400. The molecule has 0 amide bonds. The van der Waals surface area contributed by atoms with Gasteiger partial charge in [0.15, 0.2) is 0 Å². The van der Waals surface area contributed by atoms with E-state index in [0.29, 0.717) is 23.3 Å². The number of benzene rings is 2. The van der Waals surface area contributed by atoms with E-state index in [1.807, 2.05) is 24.3 Å². The summed E-state index contributed by atoms with van der Waals surface area (Å²) in [4.78, 5) is 0. The van der Waals surface area contributed by atoms with Gasteiger partial charge in [-0.25, -0.2) is 0 Å². The van der Waals surface area contributed by atoms with Crippen LogP contribution >= 0.6 is 23.2 Å². The van der Waals surface area contributed by atoms with Crippen molar-refractivity contribution in [3.63, 3.8) is 0 Å². The van der Waals surface area contributed by atoms with Gasteiger partial charge in [-0.1, -0.05) is 47.5 Å². The van der Waals surface area contributed by atoms with Gasteiger partial charge in [-0.2, -0.15) is 0 Å². The van der Waals surface area contributed by atoms with E-state index < -0.39 is 11.2 Å². The number of hydrogen-bond donors (Lipinski definition) is 2. The summed E-state index contributed by atoms with van der Waals surface area (Å²) in [5.74, 6) is 0. The van der Waals surface area contributed by atoms with Gasteiger partial charge in [0.2, 0.25) is 0 Å². The third-order valence-electron chi connectivity index (χ3n) is 4.03. The van der Waals surface area contributed by atoms with Crippen molar-refractivity contribution >= 4 is 23.2 Å². The Morgan fingerprint density at radius 1 is 0.760 bits per heavy atom. The molecule has 0 aliphatic heterocycles. The fourth-order valence-electron chi connectivity index (χ4n) is 2.36. The van der Waals surface area contributed by atoms with Crippen molar-refractivity contribution in [3.8, 4) is 0 Å². The second kappa shape index (κ2) is 7.65. The zero-order chi connectivity index (χ0) is 18.8. The van der Waals surface area contributed by atoms with Crippen molar-refractivity contribution < 1.29 is 14.9 Å². The number of ether oxygens (including phenoxy) is 1. The molecule has 0 radical (unpaired) electrons. The Hall–Kier alpha value is -1.10. The topological polar surface area (TPSA) is 49.7 Å². The molecule has 0 spiro atoms. The van der Waals surface area contributed by atoms with Crippen LogP contribution in [0.1, 0.15) is 49.9 Å². The Labute approximate surface area is 159 Å². The van der Waals surface area contributed by atoms with Crippen LogP contribution in [0.2, 0.25) is 10.0 Å². The van der Waals surface area contributed by atoms with Crippen molar-refractivity contribution in [2.75, 3.05) is 0 Å². The third kappa shape index (κ3) is 5.44. The van der Waals surface area contributed by atoms with E-state index in [1.54, 1.807) is 39.8 Å². The quantitative estimate of drug-likeness (QED) is 0.724. The van der Waals surface area contributed by atoms with Crippen LogP contribution in [0.3, 0.4) is 0 Å². The highest BCUT2D eigenvalue weighted by Crippen LogP contribution is 2.28. The summed E-state index contributed by atoms with van der Waals surface area (Å²) in [5.41, 5.74) is 1.34. The van der Waals surface area contributed by atoms with Gasteiger partial charge in [0, 0.05) is 10.0 Å². The lowest BCUT2D eigenvalue weighted by atomic mass is 9.97. The fourth-order valence-corrected chi connectivity index (χ4v) is 2.83. The third-order valence-corrected chi connectivity index (χ3v) is 4.74. The molecule has 0 aliphatic rings. The average molecular weight is 383 g/mol. The van der Waals surface area contributed by atoms with Gasteiger partial charge in [0.25, 0.3) is 0 Å². The van der Waals surface area contributed by atoms with Crippen LogP contribution in [-0.2, 0) is 29.2 Å².